The molecule has 0 spiro atoms. The first-order chi connectivity index (χ1) is 11.0. The fraction of sp³-hybridized carbons (Fsp3) is 0.467. The van der Waals surface area contributed by atoms with Gasteiger partial charge in [-0.2, -0.15) is 5.10 Å². The monoisotopic (exact) mass is 336 g/mol. The summed E-state index contributed by atoms with van der Waals surface area (Å²) < 4.78 is 34.3. The molecule has 1 N–H and O–H groups in total. The molecule has 1 aromatic carbocycles. The van der Waals surface area contributed by atoms with E-state index in [1.54, 1.807) is 36.3 Å². The Balaban J connectivity index is 1.71. The lowest BCUT2D eigenvalue weighted by atomic mass is 10.1. The fourth-order valence-corrected chi connectivity index (χ4v) is 3.92. The number of ether oxygens (including phenoxy) is 1. The molecule has 0 saturated carbocycles. The maximum Gasteiger partial charge on any atom is 0.235 e. The van der Waals surface area contributed by atoms with Crippen LogP contribution in [0, 0.1) is 0 Å². The predicted molar refractivity (Wildman–Crippen MR) is 87.4 cm³/mol. The summed E-state index contributed by atoms with van der Waals surface area (Å²) >= 11 is 0. The lowest BCUT2D eigenvalue weighted by Crippen LogP contribution is -2.30. The summed E-state index contributed by atoms with van der Waals surface area (Å²) in [5.41, 5.74) is 1.27. The highest BCUT2D eigenvalue weighted by atomic mass is 32.2. The molecule has 8 heteroatoms. The molecular formula is C15H20N4O3S. The molecule has 3 rings (SSSR count). The van der Waals surface area contributed by atoms with E-state index in [0.717, 1.165) is 24.8 Å². The van der Waals surface area contributed by atoms with E-state index in [4.69, 9.17) is 4.74 Å². The lowest BCUT2D eigenvalue weighted by molar-refractivity contribution is 0.0306. The van der Waals surface area contributed by atoms with E-state index >= 15 is 0 Å². The Morgan fingerprint density at radius 2 is 2.26 bits per heavy atom. The average molecular weight is 336 g/mol. The van der Waals surface area contributed by atoms with Gasteiger partial charge >= 0.3 is 0 Å². The lowest BCUT2D eigenvalue weighted by Gasteiger charge is -2.22. The second-order valence-corrected chi connectivity index (χ2v) is 7.46. The van der Waals surface area contributed by atoms with Gasteiger partial charge in [-0.15, -0.1) is 0 Å². The van der Waals surface area contributed by atoms with Crippen LogP contribution in [-0.4, -0.2) is 41.6 Å². The third-order valence-corrected chi connectivity index (χ3v) is 5.03. The average Bonchev–Trinajstić information content (AvgIpc) is 2.94. The minimum absolute atomic E-state index is 0.0148. The summed E-state index contributed by atoms with van der Waals surface area (Å²) in [4.78, 5) is 4.17. The number of hydrogen-bond acceptors (Lipinski definition) is 5. The van der Waals surface area contributed by atoms with E-state index in [1.165, 1.54) is 0 Å². The minimum Gasteiger partial charge on any atom is -0.377 e. The molecule has 1 aliphatic heterocycles. The highest BCUT2D eigenvalue weighted by molar-refractivity contribution is 7.92. The Bertz CT molecular complexity index is 767. The highest BCUT2D eigenvalue weighted by Gasteiger charge is 2.22. The number of aryl methyl sites for hydroxylation is 1. The summed E-state index contributed by atoms with van der Waals surface area (Å²) in [6, 6.07) is 7.07. The molecule has 124 valence electrons. The normalized spacial score (nSPS) is 18.7. The summed E-state index contributed by atoms with van der Waals surface area (Å²) in [6.07, 6.45) is 4.19. The topological polar surface area (TPSA) is 86.1 Å². The molecule has 0 radical (unpaired) electrons. The van der Waals surface area contributed by atoms with E-state index in [9.17, 15) is 8.42 Å². The summed E-state index contributed by atoms with van der Waals surface area (Å²) in [5.74, 6) is 0.545. The Labute approximate surface area is 135 Å². The van der Waals surface area contributed by atoms with Gasteiger partial charge in [0.2, 0.25) is 10.0 Å². The molecule has 2 heterocycles. The molecule has 1 aliphatic rings. The van der Waals surface area contributed by atoms with Gasteiger partial charge in [-0.25, -0.2) is 13.4 Å². The SMILES string of the molecule is Cn1cnc(-c2cccc(NS(=O)(=O)C[C@@H]3CCCCO3)c2)n1. The molecule has 23 heavy (non-hydrogen) atoms. The third-order valence-electron chi connectivity index (χ3n) is 3.67. The largest absolute Gasteiger partial charge is 0.377 e. The van der Waals surface area contributed by atoms with Crippen molar-refractivity contribution in [1.82, 2.24) is 14.8 Å². The number of rotatable bonds is 5. The number of benzene rings is 1. The predicted octanol–water partition coefficient (Wildman–Crippen LogP) is 1.79. The summed E-state index contributed by atoms with van der Waals surface area (Å²) in [7, 11) is -1.66. The van der Waals surface area contributed by atoms with Gasteiger partial charge in [0.1, 0.15) is 6.33 Å². The molecule has 1 fully saturated rings. The van der Waals surface area contributed by atoms with Crippen molar-refractivity contribution in [2.24, 2.45) is 7.05 Å². The molecule has 0 bridgehead atoms. The van der Waals surface area contributed by atoms with Crippen molar-refractivity contribution in [2.75, 3.05) is 17.1 Å². The second kappa shape index (κ2) is 6.67. The van der Waals surface area contributed by atoms with Crippen LogP contribution in [0.3, 0.4) is 0 Å². The zero-order valence-electron chi connectivity index (χ0n) is 13.0. The van der Waals surface area contributed by atoms with Crippen LogP contribution < -0.4 is 4.72 Å². The number of anilines is 1. The quantitative estimate of drug-likeness (QED) is 0.899. The number of sulfonamides is 1. The van der Waals surface area contributed by atoms with Crippen LogP contribution in [0.25, 0.3) is 11.4 Å². The number of hydrogen-bond donors (Lipinski definition) is 1. The van der Waals surface area contributed by atoms with Crippen LogP contribution in [-0.2, 0) is 21.8 Å². The van der Waals surface area contributed by atoms with Crippen molar-refractivity contribution in [3.05, 3.63) is 30.6 Å². The smallest absolute Gasteiger partial charge is 0.235 e. The van der Waals surface area contributed by atoms with Crippen LogP contribution in [0.2, 0.25) is 0 Å². The Morgan fingerprint density at radius 3 is 2.96 bits per heavy atom. The van der Waals surface area contributed by atoms with Crippen LogP contribution in [0.4, 0.5) is 5.69 Å². The van der Waals surface area contributed by atoms with Crippen LogP contribution >= 0.6 is 0 Å². The molecule has 0 amide bonds. The molecule has 7 nitrogen and oxygen atoms in total. The third kappa shape index (κ3) is 4.29. The van der Waals surface area contributed by atoms with Crippen LogP contribution in [0.1, 0.15) is 19.3 Å². The zero-order valence-corrected chi connectivity index (χ0v) is 13.8. The molecule has 1 saturated heterocycles. The zero-order chi connectivity index (χ0) is 16.3. The molecule has 1 aromatic heterocycles. The van der Waals surface area contributed by atoms with E-state index in [0.29, 0.717) is 18.1 Å². The van der Waals surface area contributed by atoms with Crippen molar-refractivity contribution in [1.29, 1.82) is 0 Å². The maximum atomic E-state index is 12.3. The van der Waals surface area contributed by atoms with Crippen LogP contribution in [0.15, 0.2) is 30.6 Å². The van der Waals surface area contributed by atoms with Gasteiger partial charge in [-0.05, 0) is 31.4 Å². The number of nitrogens with zero attached hydrogens (tertiary/aromatic N) is 3. The van der Waals surface area contributed by atoms with E-state index in [1.807, 2.05) is 6.07 Å². The van der Waals surface area contributed by atoms with E-state index in [-0.39, 0.29) is 11.9 Å². The van der Waals surface area contributed by atoms with Gasteiger partial charge in [0.15, 0.2) is 5.82 Å². The molecule has 2 aromatic rings. The Morgan fingerprint density at radius 1 is 1.39 bits per heavy atom. The summed E-state index contributed by atoms with van der Waals surface area (Å²) in [5, 5.41) is 4.22. The maximum absolute atomic E-state index is 12.3. The van der Waals surface area contributed by atoms with Gasteiger partial charge in [-0.1, -0.05) is 12.1 Å². The van der Waals surface area contributed by atoms with Crippen LogP contribution in [0.5, 0.6) is 0 Å². The molecular weight excluding hydrogens is 316 g/mol. The van der Waals surface area contributed by atoms with E-state index in [2.05, 4.69) is 14.8 Å². The van der Waals surface area contributed by atoms with Gasteiger partial charge in [0, 0.05) is 24.9 Å². The molecule has 1 atom stereocenters. The first kappa shape index (κ1) is 15.9. The Kier molecular flexibility index (Phi) is 4.63. The fourth-order valence-electron chi connectivity index (χ4n) is 2.60. The van der Waals surface area contributed by atoms with Crippen molar-refractivity contribution in [3.8, 4) is 11.4 Å². The summed E-state index contributed by atoms with van der Waals surface area (Å²) in [6.45, 7) is 0.640. The highest BCUT2D eigenvalue weighted by Crippen LogP contribution is 2.21. The Hall–Kier alpha value is -1.93. The standard InChI is InChI=1S/C15H20N4O3S/c1-19-11-16-15(17-19)12-5-4-6-13(9-12)18-23(20,21)10-14-7-2-3-8-22-14/h4-6,9,11,14,18H,2-3,7-8,10H2,1H3/t14-/m0/s1. The first-order valence-corrected chi connectivity index (χ1v) is 9.25. The van der Waals surface area contributed by atoms with Crippen molar-refractivity contribution >= 4 is 15.7 Å². The van der Waals surface area contributed by atoms with Gasteiger partial charge in [0.05, 0.1) is 11.9 Å². The van der Waals surface area contributed by atoms with Crippen molar-refractivity contribution in [3.63, 3.8) is 0 Å². The van der Waals surface area contributed by atoms with Gasteiger partial charge in [-0.3, -0.25) is 9.40 Å². The second-order valence-electron chi connectivity index (χ2n) is 5.69. The van der Waals surface area contributed by atoms with E-state index < -0.39 is 10.0 Å². The van der Waals surface area contributed by atoms with Crippen molar-refractivity contribution in [2.45, 2.75) is 25.4 Å². The number of nitrogens with one attached hydrogen (secondary N) is 1. The minimum atomic E-state index is -3.45. The molecule has 0 aliphatic carbocycles. The van der Waals surface area contributed by atoms with Crippen molar-refractivity contribution < 1.29 is 13.2 Å². The first-order valence-electron chi connectivity index (χ1n) is 7.60. The molecule has 0 unspecified atom stereocenters. The number of aromatic nitrogens is 3. The van der Waals surface area contributed by atoms with Gasteiger partial charge < -0.3 is 4.74 Å². The van der Waals surface area contributed by atoms with Gasteiger partial charge in [0.25, 0.3) is 0 Å².